The van der Waals surface area contributed by atoms with Gasteiger partial charge in [0.1, 0.15) is 0 Å². The van der Waals surface area contributed by atoms with Gasteiger partial charge in [-0.1, -0.05) is 58.4 Å². The molecule has 1 aromatic carbocycles. The Morgan fingerprint density at radius 1 is 0.800 bits per heavy atom. The summed E-state index contributed by atoms with van der Waals surface area (Å²) in [7, 11) is 0. The molecule has 114 valence electrons. The minimum absolute atomic E-state index is 0.433. The van der Waals surface area contributed by atoms with Crippen LogP contribution in [0, 0.1) is 5.41 Å². The first-order chi connectivity index (χ1) is 9.57. The second-order valence-corrected chi connectivity index (χ2v) is 6.73. The summed E-state index contributed by atoms with van der Waals surface area (Å²) in [6.45, 7) is 11.5. The maximum absolute atomic E-state index is 3.51. The van der Waals surface area contributed by atoms with Crippen molar-refractivity contribution in [2.75, 3.05) is 13.1 Å². The lowest BCUT2D eigenvalue weighted by atomic mass is 9.83. The first-order valence-corrected chi connectivity index (χ1v) is 8.36. The predicted molar refractivity (Wildman–Crippen MR) is 90.3 cm³/mol. The van der Waals surface area contributed by atoms with Crippen LogP contribution in [-0.4, -0.2) is 13.1 Å². The summed E-state index contributed by atoms with van der Waals surface area (Å²) in [5, 5.41) is 3.51. The Labute approximate surface area is 126 Å². The molecule has 0 aliphatic rings. The van der Waals surface area contributed by atoms with Crippen LogP contribution >= 0.6 is 0 Å². The number of nitrogens with one attached hydrogen (secondary N) is 1. The average Bonchev–Trinajstić information content (AvgIpc) is 2.43. The molecule has 0 aliphatic carbocycles. The normalized spacial score (nSPS) is 11.8. The maximum atomic E-state index is 3.51. The van der Waals surface area contributed by atoms with Gasteiger partial charge in [-0.3, -0.25) is 0 Å². The van der Waals surface area contributed by atoms with Gasteiger partial charge < -0.3 is 5.32 Å². The maximum Gasteiger partial charge on any atom is -0.00438 e. The first-order valence-electron chi connectivity index (χ1n) is 8.36. The number of hydrogen-bond donors (Lipinski definition) is 1. The van der Waals surface area contributed by atoms with Gasteiger partial charge in [0.15, 0.2) is 0 Å². The predicted octanol–water partition coefficient (Wildman–Crippen LogP) is 4.99. The van der Waals surface area contributed by atoms with Gasteiger partial charge in [-0.25, -0.2) is 0 Å². The highest BCUT2D eigenvalue weighted by molar-refractivity contribution is 5.22. The third-order valence-corrected chi connectivity index (χ3v) is 4.06. The summed E-state index contributed by atoms with van der Waals surface area (Å²) >= 11 is 0. The average molecular weight is 275 g/mol. The van der Waals surface area contributed by atoms with Crippen molar-refractivity contribution in [2.45, 2.75) is 66.2 Å². The Balaban J connectivity index is 2.33. The van der Waals surface area contributed by atoms with Gasteiger partial charge in [0.05, 0.1) is 0 Å². The van der Waals surface area contributed by atoms with E-state index in [4.69, 9.17) is 0 Å². The summed E-state index contributed by atoms with van der Waals surface area (Å²) in [4.78, 5) is 0. The Hall–Kier alpha value is -0.820. The second-order valence-electron chi connectivity index (χ2n) is 6.73. The Kier molecular flexibility index (Phi) is 7.91. The summed E-state index contributed by atoms with van der Waals surface area (Å²) in [5.74, 6) is 0. The van der Waals surface area contributed by atoms with Crippen molar-refractivity contribution in [2.24, 2.45) is 5.41 Å². The van der Waals surface area contributed by atoms with E-state index in [1.165, 1.54) is 49.7 Å². The first kappa shape index (κ1) is 17.2. The van der Waals surface area contributed by atoms with Crippen LogP contribution in [0.3, 0.4) is 0 Å². The molecular weight excluding hydrogens is 242 g/mol. The number of benzene rings is 1. The molecule has 0 saturated heterocycles. The van der Waals surface area contributed by atoms with Crippen LogP contribution in [0.2, 0.25) is 0 Å². The summed E-state index contributed by atoms with van der Waals surface area (Å²) in [6.07, 6.45) is 7.40. The van der Waals surface area contributed by atoms with Crippen LogP contribution in [0.1, 0.15) is 64.5 Å². The number of hydrogen-bond acceptors (Lipinski definition) is 1. The number of aryl methyl sites for hydroxylation is 2. The molecule has 1 N–H and O–H groups in total. The lowest BCUT2D eigenvalue weighted by molar-refractivity contribution is 0.302. The molecule has 1 nitrogen and oxygen atoms in total. The lowest BCUT2D eigenvalue weighted by Gasteiger charge is -2.25. The van der Waals surface area contributed by atoms with Crippen molar-refractivity contribution in [3.63, 3.8) is 0 Å². The van der Waals surface area contributed by atoms with Gasteiger partial charge in [0, 0.05) is 0 Å². The molecule has 1 aromatic rings. The molecule has 0 saturated carbocycles. The van der Waals surface area contributed by atoms with E-state index in [-0.39, 0.29) is 0 Å². The fraction of sp³-hybridized carbons (Fsp3) is 0.684. The largest absolute Gasteiger partial charge is 0.317 e. The Morgan fingerprint density at radius 3 is 1.95 bits per heavy atom. The molecule has 0 bridgehead atoms. The van der Waals surface area contributed by atoms with Crippen molar-refractivity contribution >= 4 is 0 Å². The van der Waals surface area contributed by atoms with Crippen LogP contribution in [-0.2, 0) is 12.8 Å². The minimum atomic E-state index is 0.433. The zero-order valence-corrected chi connectivity index (χ0v) is 14.0. The number of rotatable bonds is 10. The Bertz CT molecular complexity index is 351. The molecule has 0 aliphatic heterocycles. The highest BCUT2D eigenvalue weighted by Gasteiger charge is 2.16. The van der Waals surface area contributed by atoms with E-state index < -0.39 is 0 Å². The van der Waals surface area contributed by atoms with Crippen LogP contribution in [0.4, 0.5) is 0 Å². The summed E-state index contributed by atoms with van der Waals surface area (Å²) in [5.41, 5.74) is 3.39. The standard InChI is InChI=1S/C19H33N/c1-5-7-17-8-10-18(11-9-17)12-13-19(3,4)14-16-20-15-6-2/h8-11,20H,5-7,12-16H2,1-4H3. The topological polar surface area (TPSA) is 12.0 Å². The molecule has 1 heteroatoms. The fourth-order valence-corrected chi connectivity index (χ4v) is 2.50. The smallest absolute Gasteiger partial charge is 0.00438 e. The molecule has 0 atom stereocenters. The highest BCUT2D eigenvalue weighted by Crippen LogP contribution is 2.26. The van der Waals surface area contributed by atoms with E-state index in [9.17, 15) is 0 Å². The van der Waals surface area contributed by atoms with E-state index in [0.717, 1.165) is 13.1 Å². The van der Waals surface area contributed by atoms with Crippen LogP contribution in [0.15, 0.2) is 24.3 Å². The van der Waals surface area contributed by atoms with Crippen molar-refractivity contribution in [1.29, 1.82) is 0 Å². The monoisotopic (exact) mass is 275 g/mol. The van der Waals surface area contributed by atoms with E-state index >= 15 is 0 Å². The van der Waals surface area contributed by atoms with Crippen molar-refractivity contribution in [3.8, 4) is 0 Å². The van der Waals surface area contributed by atoms with Gasteiger partial charge in [0.2, 0.25) is 0 Å². The van der Waals surface area contributed by atoms with Gasteiger partial charge in [0.25, 0.3) is 0 Å². The molecule has 0 heterocycles. The van der Waals surface area contributed by atoms with Crippen molar-refractivity contribution in [3.05, 3.63) is 35.4 Å². The molecule has 1 rings (SSSR count). The van der Waals surface area contributed by atoms with E-state index in [0.29, 0.717) is 5.41 Å². The molecule has 0 fully saturated rings. The third-order valence-electron chi connectivity index (χ3n) is 4.06. The van der Waals surface area contributed by atoms with E-state index in [2.05, 4.69) is 57.3 Å². The molecule has 0 spiro atoms. The van der Waals surface area contributed by atoms with Crippen LogP contribution in [0.25, 0.3) is 0 Å². The molecule has 0 unspecified atom stereocenters. The molecular formula is C19H33N. The van der Waals surface area contributed by atoms with Gasteiger partial charge >= 0.3 is 0 Å². The summed E-state index contributed by atoms with van der Waals surface area (Å²) < 4.78 is 0. The van der Waals surface area contributed by atoms with Crippen molar-refractivity contribution in [1.82, 2.24) is 5.32 Å². The lowest BCUT2D eigenvalue weighted by Crippen LogP contribution is -2.23. The van der Waals surface area contributed by atoms with Crippen LogP contribution in [0.5, 0.6) is 0 Å². The quantitative estimate of drug-likeness (QED) is 0.593. The van der Waals surface area contributed by atoms with Gasteiger partial charge in [-0.15, -0.1) is 0 Å². The fourth-order valence-electron chi connectivity index (χ4n) is 2.50. The van der Waals surface area contributed by atoms with E-state index in [1.807, 2.05) is 0 Å². The van der Waals surface area contributed by atoms with Gasteiger partial charge in [-0.05, 0) is 61.7 Å². The van der Waals surface area contributed by atoms with Crippen LogP contribution < -0.4 is 5.32 Å². The summed E-state index contributed by atoms with van der Waals surface area (Å²) in [6, 6.07) is 9.23. The molecule has 20 heavy (non-hydrogen) atoms. The van der Waals surface area contributed by atoms with E-state index in [1.54, 1.807) is 0 Å². The third kappa shape index (κ3) is 7.09. The second kappa shape index (κ2) is 9.18. The van der Waals surface area contributed by atoms with Gasteiger partial charge in [-0.2, -0.15) is 0 Å². The van der Waals surface area contributed by atoms with Crippen molar-refractivity contribution < 1.29 is 0 Å². The SMILES string of the molecule is CCCNCCC(C)(C)CCc1ccc(CCC)cc1. The zero-order chi connectivity index (χ0) is 14.8. The minimum Gasteiger partial charge on any atom is -0.317 e. The highest BCUT2D eigenvalue weighted by atomic mass is 14.8. The Morgan fingerprint density at radius 2 is 1.40 bits per heavy atom. The zero-order valence-electron chi connectivity index (χ0n) is 14.0. The molecule has 0 aromatic heterocycles. The molecule has 0 amide bonds. The molecule has 0 radical (unpaired) electrons.